The maximum Gasteiger partial charge on any atom is 0.193 e. The third kappa shape index (κ3) is 8.46. The maximum atomic E-state index is 4.43. The molecule has 0 amide bonds. The van der Waals surface area contributed by atoms with Crippen LogP contribution in [0.5, 0.6) is 0 Å². The molecule has 4 nitrogen and oxygen atoms in total. The molecule has 0 spiro atoms. The number of benzene rings is 1. The van der Waals surface area contributed by atoms with Crippen molar-refractivity contribution in [3.63, 3.8) is 0 Å². The first-order valence-electron chi connectivity index (χ1n) is 8.72. The zero-order valence-electron chi connectivity index (χ0n) is 15.4. The van der Waals surface area contributed by atoms with Crippen LogP contribution in [-0.4, -0.2) is 74.1 Å². The standard InChI is InChI=1S/C19H30N4S.HI/c1-20-19(21-11-7-17-24-2)23-15-13-22(14-16-23)12-6-10-18-8-4-3-5-9-18;/h3-6,8-10H,7,11-17H2,1-2H3,(H,20,21);1H/b10-6+;. The lowest BCUT2D eigenvalue weighted by atomic mass is 10.2. The number of hydrogen-bond acceptors (Lipinski definition) is 3. The van der Waals surface area contributed by atoms with E-state index in [-0.39, 0.29) is 24.0 Å². The number of nitrogens with one attached hydrogen (secondary N) is 1. The SMILES string of the molecule is CN=C(NCCCSC)N1CCN(C/C=C/c2ccccc2)CC1.I. The highest BCUT2D eigenvalue weighted by Gasteiger charge is 2.18. The fourth-order valence-electron chi connectivity index (χ4n) is 2.79. The number of hydrogen-bond donors (Lipinski definition) is 1. The minimum Gasteiger partial charge on any atom is -0.356 e. The van der Waals surface area contributed by atoms with Crippen LogP contribution in [0.3, 0.4) is 0 Å². The third-order valence-electron chi connectivity index (χ3n) is 4.17. The molecule has 0 saturated carbocycles. The molecule has 1 aliphatic heterocycles. The Morgan fingerprint density at radius 1 is 1.20 bits per heavy atom. The van der Waals surface area contributed by atoms with E-state index in [1.807, 2.05) is 18.8 Å². The number of halogens is 1. The van der Waals surface area contributed by atoms with Crippen molar-refractivity contribution in [3.05, 3.63) is 42.0 Å². The molecule has 0 bridgehead atoms. The first-order valence-corrected chi connectivity index (χ1v) is 10.1. The van der Waals surface area contributed by atoms with Gasteiger partial charge in [-0.3, -0.25) is 9.89 Å². The normalized spacial score (nSPS) is 16.1. The summed E-state index contributed by atoms with van der Waals surface area (Å²) >= 11 is 1.90. The number of nitrogens with zero attached hydrogens (tertiary/aromatic N) is 3. The number of thioether (sulfide) groups is 1. The van der Waals surface area contributed by atoms with E-state index in [1.54, 1.807) is 0 Å². The Balaban J connectivity index is 0.00000312. The molecule has 0 unspecified atom stereocenters. The Labute approximate surface area is 174 Å². The van der Waals surface area contributed by atoms with Crippen LogP contribution in [0.25, 0.3) is 6.08 Å². The Bertz CT molecular complexity index is 513. The van der Waals surface area contributed by atoms with Crippen LogP contribution >= 0.6 is 35.7 Å². The minimum absolute atomic E-state index is 0. The van der Waals surface area contributed by atoms with E-state index in [2.05, 4.69) is 68.8 Å². The van der Waals surface area contributed by atoms with Gasteiger partial charge < -0.3 is 10.2 Å². The van der Waals surface area contributed by atoms with Crippen molar-refractivity contribution in [2.45, 2.75) is 6.42 Å². The van der Waals surface area contributed by atoms with Crippen molar-refractivity contribution < 1.29 is 0 Å². The predicted octanol–water partition coefficient (Wildman–Crippen LogP) is 3.26. The van der Waals surface area contributed by atoms with Crippen molar-refractivity contribution in [1.82, 2.24) is 15.1 Å². The zero-order valence-corrected chi connectivity index (χ0v) is 18.5. The first-order chi connectivity index (χ1) is 11.8. The molecule has 1 aliphatic rings. The van der Waals surface area contributed by atoms with Gasteiger partial charge in [0.05, 0.1) is 0 Å². The summed E-state index contributed by atoms with van der Waals surface area (Å²) < 4.78 is 0. The summed E-state index contributed by atoms with van der Waals surface area (Å²) in [5, 5.41) is 3.48. The smallest absolute Gasteiger partial charge is 0.193 e. The number of guanidine groups is 1. The molecule has 1 aromatic carbocycles. The maximum absolute atomic E-state index is 4.43. The van der Waals surface area contributed by atoms with Gasteiger partial charge in [-0.05, 0) is 24.0 Å². The molecule has 1 saturated heterocycles. The van der Waals surface area contributed by atoms with E-state index in [1.165, 1.54) is 17.7 Å². The van der Waals surface area contributed by atoms with Gasteiger partial charge in [0.15, 0.2) is 5.96 Å². The van der Waals surface area contributed by atoms with Crippen LogP contribution in [0.15, 0.2) is 41.4 Å². The molecule has 2 rings (SSSR count). The van der Waals surface area contributed by atoms with Crippen LogP contribution in [-0.2, 0) is 0 Å². The minimum atomic E-state index is 0. The van der Waals surface area contributed by atoms with Gasteiger partial charge in [0, 0.05) is 46.3 Å². The van der Waals surface area contributed by atoms with Gasteiger partial charge in [0.25, 0.3) is 0 Å². The molecule has 0 radical (unpaired) electrons. The van der Waals surface area contributed by atoms with Crippen LogP contribution in [0.4, 0.5) is 0 Å². The Morgan fingerprint density at radius 3 is 2.56 bits per heavy atom. The summed E-state index contributed by atoms with van der Waals surface area (Å²) in [6.45, 7) is 6.29. The van der Waals surface area contributed by atoms with E-state index in [0.29, 0.717) is 0 Å². The largest absolute Gasteiger partial charge is 0.356 e. The molecule has 1 aromatic rings. The number of aliphatic imine (C=N–C) groups is 1. The lowest BCUT2D eigenvalue weighted by molar-refractivity contribution is 0.194. The first kappa shape index (κ1) is 22.3. The second-order valence-corrected chi connectivity index (χ2v) is 6.91. The van der Waals surface area contributed by atoms with Crippen LogP contribution in [0.1, 0.15) is 12.0 Å². The highest BCUT2D eigenvalue weighted by atomic mass is 127. The van der Waals surface area contributed by atoms with Gasteiger partial charge in [0.1, 0.15) is 0 Å². The number of rotatable bonds is 7. The topological polar surface area (TPSA) is 30.9 Å². The average molecular weight is 474 g/mol. The van der Waals surface area contributed by atoms with E-state index in [4.69, 9.17) is 0 Å². The van der Waals surface area contributed by atoms with Gasteiger partial charge in [0.2, 0.25) is 0 Å². The molecule has 1 heterocycles. The molecule has 140 valence electrons. The highest BCUT2D eigenvalue weighted by Crippen LogP contribution is 2.05. The molecule has 0 aliphatic carbocycles. The molecule has 1 fully saturated rings. The fraction of sp³-hybridized carbons (Fsp3) is 0.526. The summed E-state index contributed by atoms with van der Waals surface area (Å²) in [4.78, 5) is 9.30. The van der Waals surface area contributed by atoms with E-state index in [0.717, 1.165) is 45.2 Å². The van der Waals surface area contributed by atoms with E-state index >= 15 is 0 Å². The van der Waals surface area contributed by atoms with Gasteiger partial charge in [-0.25, -0.2) is 0 Å². The van der Waals surface area contributed by atoms with Crippen molar-refractivity contribution in [2.24, 2.45) is 4.99 Å². The van der Waals surface area contributed by atoms with Crippen molar-refractivity contribution in [1.29, 1.82) is 0 Å². The summed E-state index contributed by atoms with van der Waals surface area (Å²) in [5.41, 5.74) is 1.27. The van der Waals surface area contributed by atoms with Crippen molar-refractivity contribution in [2.75, 3.05) is 58.3 Å². The van der Waals surface area contributed by atoms with Crippen molar-refractivity contribution >= 4 is 47.8 Å². The molecular formula is C19H31IN4S. The van der Waals surface area contributed by atoms with Gasteiger partial charge in [-0.1, -0.05) is 42.5 Å². The Morgan fingerprint density at radius 2 is 1.92 bits per heavy atom. The van der Waals surface area contributed by atoms with Crippen molar-refractivity contribution in [3.8, 4) is 0 Å². The Hall–Kier alpha value is -0.730. The summed E-state index contributed by atoms with van der Waals surface area (Å²) in [6, 6.07) is 10.5. The molecule has 25 heavy (non-hydrogen) atoms. The quantitative estimate of drug-likeness (QED) is 0.285. The fourth-order valence-corrected chi connectivity index (χ4v) is 3.23. The number of piperazine rings is 1. The summed E-state index contributed by atoms with van der Waals surface area (Å²) in [6.07, 6.45) is 7.81. The second-order valence-electron chi connectivity index (χ2n) is 5.92. The van der Waals surface area contributed by atoms with Crippen LogP contribution < -0.4 is 5.32 Å². The zero-order chi connectivity index (χ0) is 17.0. The van der Waals surface area contributed by atoms with Crippen LogP contribution in [0.2, 0.25) is 0 Å². The lowest BCUT2D eigenvalue weighted by Crippen LogP contribution is -2.52. The monoisotopic (exact) mass is 474 g/mol. The summed E-state index contributed by atoms with van der Waals surface area (Å²) in [7, 11) is 1.88. The van der Waals surface area contributed by atoms with Gasteiger partial charge >= 0.3 is 0 Å². The highest BCUT2D eigenvalue weighted by molar-refractivity contribution is 14.0. The molecular weight excluding hydrogens is 443 g/mol. The van der Waals surface area contributed by atoms with Gasteiger partial charge in [-0.2, -0.15) is 11.8 Å². The van der Waals surface area contributed by atoms with Crippen LogP contribution in [0, 0.1) is 0 Å². The molecule has 1 N–H and O–H groups in total. The van der Waals surface area contributed by atoms with E-state index < -0.39 is 0 Å². The second kappa shape index (κ2) is 13.5. The Kier molecular flexibility index (Phi) is 12.0. The molecule has 6 heteroatoms. The molecule has 0 atom stereocenters. The van der Waals surface area contributed by atoms with Gasteiger partial charge in [-0.15, -0.1) is 24.0 Å². The third-order valence-corrected chi connectivity index (χ3v) is 4.86. The summed E-state index contributed by atoms with van der Waals surface area (Å²) in [5.74, 6) is 2.25. The average Bonchev–Trinajstić information content (AvgIpc) is 2.64. The predicted molar refractivity (Wildman–Crippen MR) is 123 cm³/mol. The lowest BCUT2D eigenvalue weighted by Gasteiger charge is -2.36. The van der Waals surface area contributed by atoms with E-state index in [9.17, 15) is 0 Å². The molecule has 0 aromatic heterocycles.